The topological polar surface area (TPSA) is 102 Å². The lowest BCUT2D eigenvalue weighted by Gasteiger charge is -2.25. The van der Waals surface area contributed by atoms with Gasteiger partial charge in [0.15, 0.2) is 0 Å². The summed E-state index contributed by atoms with van der Waals surface area (Å²) >= 11 is 0. The third-order valence-corrected chi connectivity index (χ3v) is 4.57. The van der Waals surface area contributed by atoms with E-state index in [0.717, 1.165) is 30.2 Å². The van der Waals surface area contributed by atoms with E-state index >= 15 is 0 Å². The van der Waals surface area contributed by atoms with Gasteiger partial charge in [-0.05, 0) is 25.8 Å². The van der Waals surface area contributed by atoms with Gasteiger partial charge in [-0.25, -0.2) is 0 Å². The van der Waals surface area contributed by atoms with E-state index in [-0.39, 0.29) is 23.0 Å². The predicted octanol–water partition coefficient (Wildman–Crippen LogP) is 2.32. The van der Waals surface area contributed by atoms with Crippen LogP contribution in [0.4, 0.5) is 5.69 Å². The summed E-state index contributed by atoms with van der Waals surface area (Å²) in [4.78, 5) is 24.9. The molecule has 1 atom stereocenters. The number of aromatic hydroxyl groups is 1. The number of benzene rings is 1. The number of phenols is 1. The van der Waals surface area contributed by atoms with Crippen LogP contribution in [0.3, 0.4) is 0 Å². The normalized spacial score (nSPS) is 17.2. The number of likely N-dealkylation sites (tertiary alicyclic amines) is 1. The summed E-state index contributed by atoms with van der Waals surface area (Å²) < 4.78 is 1.75. The van der Waals surface area contributed by atoms with E-state index in [1.807, 2.05) is 14.0 Å². The third kappa shape index (κ3) is 2.60. The average Bonchev–Trinajstić information content (AvgIpc) is 3.14. The Labute approximate surface area is 138 Å². The van der Waals surface area contributed by atoms with Crippen LogP contribution >= 0.6 is 0 Å². The van der Waals surface area contributed by atoms with Crippen molar-refractivity contribution in [2.24, 2.45) is 7.05 Å². The number of non-ortho nitro benzene ring substituents is 1. The summed E-state index contributed by atoms with van der Waals surface area (Å²) in [5.41, 5.74) is 1.68. The molecule has 1 aliphatic heterocycles. The van der Waals surface area contributed by atoms with Gasteiger partial charge in [0.25, 0.3) is 11.6 Å². The van der Waals surface area contributed by atoms with E-state index in [0.29, 0.717) is 6.54 Å². The first-order chi connectivity index (χ1) is 11.4. The number of hydrogen-bond acceptors (Lipinski definition) is 5. The molecule has 0 spiro atoms. The summed E-state index contributed by atoms with van der Waals surface area (Å²) in [7, 11) is 1.84. The smallest absolute Gasteiger partial charge is 0.270 e. The highest BCUT2D eigenvalue weighted by atomic mass is 16.6. The zero-order valence-corrected chi connectivity index (χ0v) is 13.5. The van der Waals surface area contributed by atoms with E-state index in [2.05, 4.69) is 5.10 Å². The fraction of sp³-hybridized carbons (Fsp3) is 0.375. The second kappa shape index (κ2) is 5.95. The van der Waals surface area contributed by atoms with Gasteiger partial charge in [0, 0.05) is 37.0 Å². The zero-order chi connectivity index (χ0) is 17.4. The number of nitro benzene ring substituents is 1. The summed E-state index contributed by atoms with van der Waals surface area (Å²) in [5.74, 6) is -0.652. The summed E-state index contributed by atoms with van der Waals surface area (Å²) in [6.45, 7) is 2.48. The molecule has 1 fully saturated rings. The molecule has 2 heterocycles. The number of rotatable bonds is 3. The standard InChI is InChI=1S/C16H18N4O4/c1-10-13(9-17-18(10)2)14-4-3-7-19(14)16(22)12-8-11(20(23)24)5-6-15(12)21/h5-6,8-9,14,21H,3-4,7H2,1-2H3/t14-/m1/s1. The van der Waals surface area contributed by atoms with Gasteiger partial charge in [-0.3, -0.25) is 19.6 Å². The highest BCUT2D eigenvalue weighted by Gasteiger charge is 2.34. The molecule has 1 saturated heterocycles. The third-order valence-electron chi connectivity index (χ3n) is 4.57. The van der Waals surface area contributed by atoms with Gasteiger partial charge in [-0.2, -0.15) is 5.10 Å². The minimum atomic E-state index is -0.580. The molecule has 3 rings (SSSR count). The maximum atomic E-state index is 12.9. The van der Waals surface area contributed by atoms with E-state index in [1.54, 1.807) is 15.8 Å². The number of nitrogens with zero attached hydrogens (tertiary/aromatic N) is 4. The molecule has 126 valence electrons. The molecule has 8 nitrogen and oxygen atoms in total. The SMILES string of the molecule is Cc1c([C@H]2CCCN2C(=O)c2cc([N+](=O)[O-])ccc2O)cnn1C. The Hall–Kier alpha value is -2.90. The van der Waals surface area contributed by atoms with Crippen molar-refractivity contribution in [3.8, 4) is 5.75 Å². The van der Waals surface area contributed by atoms with E-state index < -0.39 is 10.8 Å². The Bertz CT molecular complexity index is 814. The monoisotopic (exact) mass is 330 g/mol. The zero-order valence-electron chi connectivity index (χ0n) is 13.5. The fourth-order valence-corrected chi connectivity index (χ4v) is 3.14. The molecular formula is C16H18N4O4. The van der Waals surface area contributed by atoms with Crippen molar-refractivity contribution in [3.63, 3.8) is 0 Å². The summed E-state index contributed by atoms with van der Waals surface area (Å²) in [5, 5.41) is 25.1. The second-order valence-corrected chi connectivity index (χ2v) is 5.92. The van der Waals surface area contributed by atoms with E-state index in [9.17, 15) is 20.0 Å². The Morgan fingerprint density at radius 3 is 2.83 bits per heavy atom. The van der Waals surface area contributed by atoms with E-state index in [1.165, 1.54) is 12.1 Å². The van der Waals surface area contributed by atoms with Crippen molar-refractivity contribution in [2.45, 2.75) is 25.8 Å². The fourth-order valence-electron chi connectivity index (χ4n) is 3.14. The van der Waals surface area contributed by atoms with Gasteiger partial charge in [0.05, 0.1) is 22.7 Å². The molecule has 1 aromatic carbocycles. The minimum Gasteiger partial charge on any atom is -0.507 e. The van der Waals surface area contributed by atoms with Gasteiger partial charge in [0.2, 0.25) is 0 Å². The van der Waals surface area contributed by atoms with Crippen molar-refractivity contribution < 1.29 is 14.8 Å². The average molecular weight is 330 g/mol. The molecular weight excluding hydrogens is 312 g/mol. The van der Waals surface area contributed by atoms with Crippen molar-refractivity contribution in [1.82, 2.24) is 14.7 Å². The molecule has 0 aliphatic carbocycles. The van der Waals surface area contributed by atoms with Crippen LogP contribution in [0.2, 0.25) is 0 Å². The molecule has 1 aromatic heterocycles. The largest absolute Gasteiger partial charge is 0.507 e. The predicted molar refractivity (Wildman–Crippen MR) is 85.7 cm³/mol. The van der Waals surface area contributed by atoms with Gasteiger partial charge in [0.1, 0.15) is 5.75 Å². The van der Waals surface area contributed by atoms with Crippen molar-refractivity contribution in [1.29, 1.82) is 0 Å². The van der Waals surface area contributed by atoms with Crippen LogP contribution in [-0.2, 0) is 7.05 Å². The molecule has 1 aliphatic rings. The molecule has 2 aromatic rings. The number of amides is 1. The molecule has 0 saturated carbocycles. The molecule has 0 radical (unpaired) electrons. The maximum Gasteiger partial charge on any atom is 0.270 e. The summed E-state index contributed by atoms with van der Waals surface area (Å²) in [6.07, 6.45) is 3.38. The van der Waals surface area contributed by atoms with Crippen LogP contribution in [0.25, 0.3) is 0 Å². The summed E-state index contributed by atoms with van der Waals surface area (Å²) in [6, 6.07) is 3.36. The highest BCUT2D eigenvalue weighted by molar-refractivity contribution is 5.98. The lowest BCUT2D eigenvalue weighted by Crippen LogP contribution is -2.30. The van der Waals surface area contributed by atoms with Crippen molar-refractivity contribution >= 4 is 11.6 Å². The van der Waals surface area contributed by atoms with Gasteiger partial charge in [-0.1, -0.05) is 0 Å². The Balaban J connectivity index is 1.96. The number of aromatic nitrogens is 2. The van der Waals surface area contributed by atoms with Gasteiger partial charge >= 0.3 is 0 Å². The van der Waals surface area contributed by atoms with Crippen LogP contribution in [0.5, 0.6) is 5.75 Å². The Morgan fingerprint density at radius 1 is 1.46 bits per heavy atom. The highest BCUT2D eigenvalue weighted by Crippen LogP contribution is 2.36. The number of aryl methyl sites for hydroxylation is 1. The number of nitro groups is 1. The second-order valence-electron chi connectivity index (χ2n) is 5.92. The number of hydrogen-bond donors (Lipinski definition) is 1. The number of carbonyl (C=O) groups is 1. The molecule has 1 N–H and O–H groups in total. The van der Waals surface area contributed by atoms with Gasteiger partial charge < -0.3 is 10.0 Å². The van der Waals surface area contributed by atoms with Crippen LogP contribution in [0.15, 0.2) is 24.4 Å². The lowest BCUT2D eigenvalue weighted by molar-refractivity contribution is -0.384. The van der Waals surface area contributed by atoms with Crippen molar-refractivity contribution in [3.05, 3.63) is 51.3 Å². The maximum absolute atomic E-state index is 12.9. The first-order valence-corrected chi connectivity index (χ1v) is 7.67. The van der Waals surface area contributed by atoms with Crippen LogP contribution in [0.1, 0.15) is 40.5 Å². The minimum absolute atomic E-state index is 0.0438. The van der Waals surface area contributed by atoms with E-state index in [4.69, 9.17) is 0 Å². The quantitative estimate of drug-likeness (QED) is 0.687. The molecule has 0 bridgehead atoms. The first-order valence-electron chi connectivity index (χ1n) is 7.67. The van der Waals surface area contributed by atoms with Crippen LogP contribution in [-0.4, -0.2) is 37.2 Å². The Kier molecular flexibility index (Phi) is 3.96. The molecule has 0 unspecified atom stereocenters. The van der Waals surface area contributed by atoms with Crippen LogP contribution < -0.4 is 0 Å². The number of phenolic OH excluding ortho intramolecular Hbond substituents is 1. The molecule has 8 heteroatoms. The molecule has 24 heavy (non-hydrogen) atoms. The van der Waals surface area contributed by atoms with Crippen molar-refractivity contribution in [2.75, 3.05) is 6.54 Å². The molecule has 1 amide bonds. The van der Waals surface area contributed by atoms with Crippen LogP contribution in [0, 0.1) is 17.0 Å². The van der Waals surface area contributed by atoms with Gasteiger partial charge in [-0.15, -0.1) is 0 Å². The number of carbonyl (C=O) groups excluding carboxylic acids is 1. The Morgan fingerprint density at radius 2 is 2.21 bits per heavy atom. The lowest BCUT2D eigenvalue weighted by atomic mass is 10.0. The first kappa shape index (κ1) is 16.0.